The van der Waals surface area contributed by atoms with Crippen molar-refractivity contribution in [1.82, 2.24) is 24.7 Å². The second-order valence-corrected chi connectivity index (χ2v) is 12.6. The number of rotatable bonds is 7. The maximum Gasteiger partial charge on any atom is 0.320 e. The fourth-order valence-electron chi connectivity index (χ4n) is 6.40. The van der Waals surface area contributed by atoms with Crippen LogP contribution in [-0.4, -0.2) is 94.9 Å². The number of hydrogen-bond acceptors (Lipinski definition) is 7. The second kappa shape index (κ2) is 11.5. The molecular weight excluding hydrogens is 520 g/mol. The smallest absolute Gasteiger partial charge is 0.320 e. The van der Waals surface area contributed by atoms with Crippen LogP contribution in [0.3, 0.4) is 0 Å². The molecule has 3 N–H and O–H groups in total. The van der Waals surface area contributed by atoms with Gasteiger partial charge >= 0.3 is 12.4 Å². The molecule has 4 amide bonds. The molecule has 41 heavy (non-hydrogen) atoms. The molecule has 0 aliphatic carbocycles. The number of primary amides is 1. The molecule has 0 spiro atoms. The first-order valence-electron chi connectivity index (χ1n) is 14.5. The van der Waals surface area contributed by atoms with Gasteiger partial charge in [-0.3, -0.25) is 9.59 Å². The lowest BCUT2D eigenvalue weighted by Gasteiger charge is -2.44. The Hall–Kier alpha value is -3.89. The van der Waals surface area contributed by atoms with Crippen molar-refractivity contribution >= 4 is 35.7 Å². The number of anilines is 3. The quantitative estimate of drug-likeness (QED) is 0.531. The Morgan fingerprint density at radius 1 is 1.10 bits per heavy atom. The van der Waals surface area contributed by atoms with Gasteiger partial charge in [-0.2, -0.15) is 0 Å². The number of piperidine rings is 2. The van der Waals surface area contributed by atoms with E-state index in [1.54, 1.807) is 11.1 Å². The molecule has 11 nitrogen and oxygen atoms in total. The van der Waals surface area contributed by atoms with Crippen LogP contribution in [0.15, 0.2) is 30.5 Å². The van der Waals surface area contributed by atoms with Gasteiger partial charge in [0, 0.05) is 51.5 Å². The van der Waals surface area contributed by atoms with Gasteiger partial charge in [0.1, 0.15) is 5.82 Å². The Balaban J connectivity index is 1.31. The summed E-state index contributed by atoms with van der Waals surface area (Å²) in [6.07, 6.45) is 7.38. The Morgan fingerprint density at radius 3 is 2.49 bits per heavy atom. The van der Waals surface area contributed by atoms with Crippen LogP contribution in [0.4, 0.5) is 22.1 Å². The molecule has 0 saturated carbocycles. The fourth-order valence-corrected chi connectivity index (χ4v) is 6.40. The van der Waals surface area contributed by atoms with Crippen LogP contribution < -0.4 is 16.0 Å². The summed E-state index contributed by atoms with van der Waals surface area (Å²) in [6, 6.07) is 8.44. The highest BCUT2D eigenvalue weighted by atomic mass is 16.2. The first kappa shape index (κ1) is 28.6. The van der Waals surface area contributed by atoms with E-state index in [9.17, 15) is 14.4 Å². The predicted octanol–water partition coefficient (Wildman–Crippen LogP) is 3.32. The Kier molecular flexibility index (Phi) is 8.06. The number of likely N-dealkylation sites (tertiary alicyclic amines) is 1. The van der Waals surface area contributed by atoms with Gasteiger partial charge in [-0.15, -0.1) is 0 Å². The Labute approximate surface area is 242 Å². The third kappa shape index (κ3) is 6.08. The SMILES string of the molecule is CN1CCN([C@@H]2CCCN(c3cnc(C(N)=O)c(Nc4ccc(C5CCN([C]=O)C(C(C)(C)C)C5)cc4)n3)C2)C1=O. The summed E-state index contributed by atoms with van der Waals surface area (Å²) in [5, 5.41) is 3.26. The molecule has 3 aliphatic heterocycles. The molecule has 11 heteroatoms. The molecule has 3 saturated heterocycles. The number of nitrogens with one attached hydrogen (secondary N) is 1. The zero-order valence-electron chi connectivity index (χ0n) is 24.5. The van der Waals surface area contributed by atoms with Gasteiger partial charge in [0.2, 0.25) is 0 Å². The van der Waals surface area contributed by atoms with Gasteiger partial charge in [-0.05, 0) is 54.7 Å². The first-order valence-corrected chi connectivity index (χ1v) is 14.5. The summed E-state index contributed by atoms with van der Waals surface area (Å²) in [7, 11) is 1.83. The van der Waals surface area contributed by atoms with Crippen LogP contribution in [0.5, 0.6) is 0 Å². The molecule has 3 atom stereocenters. The number of nitrogens with zero attached hydrogens (tertiary/aromatic N) is 6. The number of carbonyl (C=O) groups is 2. The molecule has 0 bridgehead atoms. The highest BCUT2D eigenvalue weighted by Crippen LogP contribution is 2.38. The van der Waals surface area contributed by atoms with Gasteiger partial charge < -0.3 is 30.7 Å². The lowest BCUT2D eigenvalue weighted by Crippen LogP contribution is -2.49. The van der Waals surface area contributed by atoms with Gasteiger partial charge in [0.15, 0.2) is 11.5 Å². The minimum Gasteiger partial charge on any atom is -0.364 e. The minimum atomic E-state index is -0.655. The highest BCUT2D eigenvalue weighted by molar-refractivity contribution is 5.96. The predicted molar refractivity (Wildman–Crippen MR) is 158 cm³/mol. The van der Waals surface area contributed by atoms with E-state index in [-0.39, 0.29) is 29.2 Å². The topological polar surface area (TPSA) is 128 Å². The van der Waals surface area contributed by atoms with Crippen molar-refractivity contribution in [2.75, 3.05) is 50.0 Å². The van der Waals surface area contributed by atoms with E-state index in [1.165, 1.54) is 5.56 Å². The number of amides is 4. The Bertz CT molecular complexity index is 1280. The van der Waals surface area contributed by atoms with Gasteiger partial charge in [-0.1, -0.05) is 32.9 Å². The molecule has 2 aromatic rings. The summed E-state index contributed by atoms with van der Waals surface area (Å²) in [4.78, 5) is 53.1. The number of carbonyl (C=O) groups excluding carboxylic acids is 3. The molecule has 4 heterocycles. The number of hydrogen-bond donors (Lipinski definition) is 2. The lowest BCUT2D eigenvalue weighted by atomic mass is 9.75. The Morgan fingerprint density at radius 2 is 1.85 bits per heavy atom. The second-order valence-electron chi connectivity index (χ2n) is 12.6. The monoisotopic (exact) mass is 561 g/mol. The van der Waals surface area contributed by atoms with Crippen molar-refractivity contribution in [1.29, 1.82) is 0 Å². The van der Waals surface area contributed by atoms with Crippen LogP contribution in [-0.2, 0) is 4.79 Å². The molecule has 1 radical (unpaired) electrons. The van der Waals surface area contributed by atoms with Gasteiger partial charge in [0.05, 0.1) is 12.2 Å². The summed E-state index contributed by atoms with van der Waals surface area (Å²) in [5.41, 5.74) is 7.69. The number of urea groups is 1. The van der Waals surface area contributed by atoms with Crippen LogP contribution >= 0.6 is 0 Å². The van der Waals surface area contributed by atoms with Crippen molar-refractivity contribution in [2.45, 2.75) is 64.5 Å². The van der Waals surface area contributed by atoms with Crippen molar-refractivity contribution in [3.05, 3.63) is 41.7 Å². The largest absolute Gasteiger partial charge is 0.364 e. The molecular formula is C30H41N8O3. The third-order valence-electron chi connectivity index (χ3n) is 8.77. The molecule has 1 aromatic heterocycles. The molecule has 3 fully saturated rings. The zero-order chi connectivity index (χ0) is 29.3. The molecule has 5 rings (SSSR count). The highest BCUT2D eigenvalue weighted by Gasteiger charge is 2.37. The van der Waals surface area contributed by atoms with Crippen molar-refractivity contribution in [3.63, 3.8) is 0 Å². The summed E-state index contributed by atoms with van der Waals surface area (Å²) in [6.45, 7) is 10.1. The summed E-state index contributed by atoms with van der Waals surface area (Å²) in [5.74, 6) is 0.643. The third-order valence-corrected chi connectivity index (χ3v) is 8.77. The van der Waals surface area contributed by atoms with E-state index < -0.39 is 5.91 Å². The van der Waals surface area contributed by atoms with E-state index >= 15 is 0 Å². The lowest BCUT2D eigenvalue weighted by molar-refractivity contribution is 0.0996. The molecule has 3 aliphatic rings. The summed E-state index contributed by atoms with van der Waals surface area (Å²) < 4.78 is 0. The maximum atomic E-state index is 12.6. The normalized spacial score (nSPS) is 23.6. The van der Waals surface area contributed by atoms with E-state index in [0.29, 0.717) is 30.6 Å². The number of aromatic nitrogens is 2. The van der Waals surface area contributed by atoms with Crippen LogP contribution in [0, 0.1) is 5.41 Å². The van der Waals surface area contributed by atoms with Crippen molar-refractivity contribution < 1.29 is 14.4 Å². The average Bonchev–Trinajstić information content (AvgIpc) is 3.30. The number of likely N-dealkylation sites (N-methyl/N-ethyl adjacent to an activating group) is 1. The average molecular weight is 562 g/mol. The van der Waals surface area contributed by atoms with E-state index in [1.807, 2.05) is 29.0 Å². The van der Waals surface area contributed by atoms with E-state index in [0.717, 1.165) is 51.0 Å². The number of benzene rings is 1. The van der Waals surface area contributed by atoms with Crippen LogP contribution in [0.25, 0.3) is 0 Å². The van der Waals surface area contributed by atoms with Crippen LogP contribution in [0.1, 0.15) is 68.4 Å². The first-order chi connectivity index (χ1) is 19.5. The van der Waals surface area contributed by atoms with E-state index in [2.05, 4.69) is 54.5 Å². The maximum absolute atomic E-state index is 12.6. The van der Waals surface area contributed by atoms with E-state index in [4.69, 9.17) is 10.7 Å². The van der Waals surface area contributed by atoms with Crippen molar-refractivity contribution in [2.24, 2.45) is 11.1 Å². The minimum absolute atomic E-state index is 0.0266. The van der Waals surface area contributed by atoms with Crippen LogP contribution in [0.2, 0.25) is 0 Å². The van der Waals surface area contributed by atoms with Gasteiger partial charge in [-0.25, -0.2) is 14.8 Å². The standard InChI is InChI=1S/C30H41N8O3/c1-30(2,3)24-16-21(11-13-37(24)19-39)20-7-9-22(10-8-20)33-28-26(27(31)40)32-17-25(34-28)36-12-5-6-23(18-36)38-15-14-35(4)29(38)41/h7-10,17,21,23-24H,5-6,11-16,18H2,1-4H3,(H2,31,40)(H,33,34)/t21?,23-,24?/m1/s1. The molecule has 1 aromatic carbocycles. The van der Waals surface area contributed by atoms with Crippen molar-refractivity contribution in [3.8, 4) is 0 Å². The summed E-state index contributed by atoms with van der Waals surface area (Å²) >= 11 is 0. The van der Waals surface area contributed by atoms with Gasteiger partial charge in [0.25, 0.3) is 5.91 Å². The molecule has 219 valence electrons. The number of nitrogens with two attached hydrogens (primary N) is 1. The zero-order valence-corrected chi connectivity index (χ0v) is 24.5. The fraction of sp³-hybridized carbons (Fsp3) is 0.567. The molecule has 2 unspecified atom stereocenters.